The smallest absolute Gasteiger partial charge is 0.127 e. The van der Waals surface area contributed by atoms with E-state index < -0.39 is 6.10 Å². The molecule has 0 spiro atoms. The Hall–Kier alpha value is -1.41. The van der Waals surface area contributed by atoms with Crippen LogP contribution in [0.2, 0.25) is 0 Å². The maximum Gasteiger partial charge on any atom is 0.127 e. The lowest BCUT2D eigenvalue weighted by Crippen LogP contribution is -2.36. The summed E-state index contributed by atoms with van der Waals surface area (Å²) in [6.45, 7) is 1.41. The molecule has 1 N–H and O–H groups in total. The molecule has 20 heavy (non-hydrogen) atoms. The third kappa shape index (κ3) is 4.61. The van der Waals surface area contributed by atoms with Gasteiger partial charge in [0, 0.05) is 24.7 Å². The molecule has 0 radical (unpaired) electrons. The molecule has 0 bridgehead atoms. The Morgan fingerprint density at radius 2 is 2.20 bits per heavy atom. The molecule has 1 aromatic carbocycles. The van der Waals surface area contributed by atoms with Crippen molar-refractivity contribution in [2.75, 3.05) is 19.8 Å². The number of aliphatic hydroxyl groups is 1. The predicted octanol–water partition coefficient (Wildman–Crippen LogP) is 1.80. The van der Waals surface area contributed by atoms with Crippen LogP contribution in [0.3, 0.4) is 0 Å². The maximum absolute atomic E-state index is 13.7. The highest BCUT2D eigenvalue weighted by Crippen LogP contribution is 2.28. The van der Waals surface area contributed by atoms with Gasteiger partial charge in [0.25, 0.3) is 0 Å². The molecule has 1 saturated carbocycles. The van der Waals surface area contributed by atoms with Crippen LogP contribution in [0.4, 0.5) is 4.39 Å². The van der Waals surface area contributed by atoms with Crippen molar-refractivity contribution in [2.24, 2.45) is 0 Å². The van der Waals surface area contributed by atoms with Crippen LogP contribution in [0.15, 0.2) is 24.3 Å². The van der Waals surface area contributed by atoms with E-state index in [0.717, 1.165) is 12.8 Å². The first-order valence-electron chi connectivity index (χ1n) is 6.87. The second-order valence-corrected chi connectivity index (χ2v) is 5.13. The molecule has 0 saturated heterocycles. The Labute approximate surface area is 119 Å². The van der Waals surface area contributed by atoms with Gasteiger partial charge < -0.3 is 9.84 Å². The minimum absolute atomic E-state index is 0.198. The molecular formula is C16H20FNO2. The van der Waals surface area contributed by atoms with Crippen molar-refractivity contribution in [2.45, 2.75) is 31.5 Å². The molecular weight excluding hydrogens is 257 g/mol. The highest BCUT2D eigenvalue weighted by molar-refractivity contribution is 5.17. The van der Waals surface area contributed by atoms with Gasteiger partial charge in [-0.15, -0.1) is 6.42 Å². The molecule has 0 heterocycles. The maximum atomic E-state index is 13.7. The van der Waals surface area contributed by atoms with Crippen molar-refractivity contribution in [3.05, 3.63) is 35.6 Å². The summed E-state index contributed by atoms with van der Waals surface area (Å²) in [6.07, 6.45) is 6.69. The van der Waals surface area contributed by atoms with Gasteiger partial charge in [0.1, 0.15) is 12.4 Å². The minimum Gasteiger partial charge on any atom is -0.389 e. The van der Waals surface area contributed by atoms with Crippen LogP contribution in [0.5, 0.6) is 0 Å². The fourth-order valence-electron chi connectivity index (χ4n) is 2.21. The number of hydrogen-bond acceptors (Lipinski definition) is 3. The van der Waals surface area contributed by atoms with Gasteiger partial charge in [-0.3, -0.25) is 4.90 Å². The quantitative estimate of drug-likeness (QED) is 0.581. The summed E-state index contributed by atoms with van der Waals surface area (Å²) in [5.74, 6) is 2.16. The first kappa shape index (κ1) is 15.0. The molecule has 1 atom stereocenters. The Morgan fingerprint density at radius 1 is 1.45 bits per heavy atom. The highest BCUT2D eigenvalue weighted by atomic mass is 19.1. The predicted molar refractivity (Wildman–Crippen MR) is 75.5 cm³/mol. The van der Waals surface area contributed by atoms with Gasteiger partial charge >= 0.3 is 0 Å². The third-order valence-corrected chi connectivity index (χ3v) is 3.34. The van der Waals surface area contributed by atoms with Gasteiger partial charge in [-0.1, -0.05) is 24.1 Å². The van der Waals surface area contributed by atoms with E-state index >= 15 is 0 Å². The molecule has 108 valence electrons. The average molecular weight is 277 g/mol. The zero-order valence-corrected chi connectivity index (χ0v) is 11.5. The second-order valence-electron chi connectivity index (χ2n) is 5.13. The van der Waals surface area contributed by atoms with Crippen LogP contribution in [0, 0.1) is 18.2 Å². The van der Waals surface area contributed by atoms with Gasteiger partial charge in [0.05, 0.1) is 12.7 Å². The molecule has 1 aromatic rings. The molecule has 1 aliphatic carbocycles. The number of aliphatic hydroxyl groups excluding tert-OH is 1. The van der Waals surface area contributed by atoms with E-state index in [2.05, 4.69) is 10.8 Å². The van der Waals surface area contributed by atoms with Crippen LogP contribution in [0.1, 0.15) is 18.4 Å². The van der Waals surface area contributed by atoms with Crippen molar-refractivity contribution < 1.29 is 14.2 Å². The van der Waals surface area contributed by atoms with Crippen molar-refractivity contribution in [3.8, 4) is 12.3 Å². The lowest BCUT2D eigenvalue weighted by molar-refractivity contribution is 0.0240. The van der Waals surface area contributed by atoms with Crippen LogP contribution in [-0.4, -0.2) is 41.9 Å². The number of hydrogen-bond donors (Lipinski definition) is 1. The highest BCUT2D eigenvalue weighted by Gasteiger charge is 2.30. The Bertz CT molecular complexity index is 468. The number of terminal acetylenes is 1. The van der Waals surface area contributed by atoms with E-state index in [9.17, 15) is 9.50 Å². The summed E-state index contributed by atoms with van der Waals surface area (Å²) in [5, 5.41) is 9.94. The lowest BCUT2D eigenvalue weighted by Gasteiger charge is -2.25. The number of rotatable bonds is 8. The average Bonchev–Trinajstić information content (AvgIpc) is 3.25. The summed E-state index contributed by atoms with van der Waals surface area (Å²) in [6, 6.07) is 7.20. The molecule has 2 rings (SSSR count). The summed E-state index contributed by atoms with van der Waals surface area (Å²) < 4.78 is 18.8. The lowest BCUT2D eigenvalue weighted by atomic mass is 10.2. The summed E-state index contributed by atoms with van der Waals surface area (Å²) >= 11 is 0. The summed E-state index contributed by atoms with van der Waals surface area (Å²) in [7, 11) is 0. The van der Waals surface area contributed by atoms with Gasteiger partial charge in [-0.25, -0.2) is 4.39 Å². The van der Waals surface area contributed by atoms with Gasteiger partial charge in [0.2, 0.25) is 0 Å². The first-order chi connectivity index (χ1) is 9.70. The Morgan fingerprint density at radius 3 is 2.85 bits per heavy atom. The van der Waals surface area contributed by atoms with E-state index in [1.807, 2.05) is 6.07 Å². The standard InChI is InChI=1S/C16H20FNO2/c1-2-9-20-12-15(19)11-18(14-7-8-14)10-13-5-3-4-6-16(13)17/h1,3-6,14-15,19H,7-12H2. The van der Waals surface area contributed by atoms with Crippen LogP contribution in [-0.2, 0) is 11.3 Å². The summed E-state index contributed by atoms with van der Waals surface area (Å²) in [4.78, 5) is 2.11. The molecule has 4 heteroatoms. The van der Waals surface area contributed by atoms with E-state index in [1.165, 1.54) is 6.07 Å². The fraction of sp³-hybridized carbons (Fsp3) is 0.500. The van der Waals surface area contributed by atoms with E-state index in [1.54, 1.807) is 12.1 Å². The number of halogens is 1. The van der Waals surface area contributed by atoms with E-state index in [0.29, 0.717) is 24.7 Å². The zero-order valence-electron chi connectivity index (χ0n) is 11.5. The zero-order chi connectivity index (χ0) is 14.4. The van der Waals surface area contributed by atoms with Gasteiger partial charge in [-0.05, 0) is 18.9 Å². The van der Waals surface area contributed by atoms with Gasteiger partial charge in [0.15, 0.2) is 0 Å². The first-order valence-corrected chi connectivity index (χ1v) is 6.87. The fourth-order valence-corrected chi connectivity index (χ4v) is 2.21. The molecule has 0 aromatic heterocycles. The normalized spacial score (nSPS) is 16.1. The molecule has 0 aliphatic heterocycles. The minimum atomic E-state index is -0.601. The third-order valence-electron chi connectivity index (χ3n) is 3.34. The number of benzene rings is 1. The van der Waals surface area contributed by atoms with Crippen LogP contribution < -0.4 is 0 Å². The molecule has 1 fully saturated rings. The molecule has 0 amide bonds. The van der Waals surface area contributed by atoms with Crippen LogP contribution >= 0.6 is 0 Å². The number of nitrogens with zero attached hydrogens (tertiary/aromatic N) is 1. The van der Waals surface area contributed by atoms with E-state index in [-0.39, 0.29) is 19.0 Å². The monoisotopic (exact) mass is 277 g/mol. The second kappa shape index (κ2) is 7.39. The molecule has 1 unspecified atom stereocenters. The SMILES string of the molecule is C#CCOCC(O)CN(Cc1ccccc1F)C1CC1. The molecule has 1 aliphatic rings. The number of ether oxygens (including phenoxy) is 1. The van der Waals surface area contributed by atoms with E-state index in [4.69, 9.17) is 11.2 Å². The molecule has 3 nitrogen and oxygen atoms in total. The Balaban J connectivity index is 1.88. The van der Waals surface area contributed by atoms with Crippen molar-refractivity contribution in [1.29, 1.82) is 0 Å². The van der Waals surface area contributed by atoms with Crippen molar-refractivity contribution >= 4 is 0 Å². The topological polar surface area (TPSA) is 32.7 Å². The van der Waals surface area contributed by atoms with Crippen molar-refractivity contribution in [1.82, 2.24) is 4.90 Å². The Kier molecular flexibility index (Phi) is 5.54. The van der Waals surface area contributed by atoms with Crippen molar-refractivity contribution in [3.63, 3.8) is 0 Å². The summed E-state index contributed by atoms with van der Waals surface area (Å²) in [5.41, 5.74) is 0.663. The largest absolute Gasteiger partial charge is 0.389 e. The van der Waals surface area contributed by atoms with Crippen LogP contribution in [0.25, 0.3) is 0 Å². The van der Waals surface area contributed by atoms with Gasteiger partial charge in [-0.2, -0.15) is 0 Å².